The Morgan fingerprint density at radius 3 is 2.56 bits per heavy atom. The molecule has 1 saturated carbocycles. The number of aromatic nitrogens is 3. The Morgan fingerprint density at radius 1 is 1.19 bits per heavy atom. The molecule has 1 aliphatic carbocycles. The van der Waals surface area contributed by atoms with Crippen molar-refractivity contribution in [1.82, 2.24) is 19.3 Å². The number of sulfonamides is 1. The van der Waals surface area contributed by atoms with Gasteiger partial charge in [0.15, 0.2) is 5.13 Å². The van der Waals surface area contributed by atoms with E-state index in [2.05, 4.69) is 15.6 Å². The summed E-state index contributed by atoms with van der Waals surface area (Å²) in [6, 6.07) is 2.10. The summed E-state index contributed by atoms with van der Waals surface area (Å²) in [7, 11) is -1.23. The van der Waals surface area contributed by atoms with E-state index in [0.29, 0.717) is 25.0 Å². The maximum absolute atomic E-state index is 11.6. The molecule has 1 aliphatic heterocycles. The summed E-state index contributed by atoms with van der Waals surface area (Å²) in [6.07, 6.45) is 6.91. The van der Waals surface area contributed by atoms with Gasteiger partial charge >= 0.3 is 0 Å². The lowest BCUT2D eigenvalue weighted by atomic mass is 10.1. The molecule has 2 fully saturated rings. The van der Waals surface area contributed by atoms with Crippen LogP contribution in [0.3, 0.4) is 0 Å². The predicted molar refractivity (Wildman–Crippen MR) is 108 cm³/mol. The van der Waals surface area contributed by atoms with E-state index >= 15 is 0 Å². The molecular weight excluding hydrogens is 384 g/mol. The van der Waals surface area contributed by atoms with Gasteiger partial charge in [0.1, 0.15) is 0 Å². The lowest BCUT2D eigenvalue weighted by molar-refractivity contribution is 0.331. The fourth-order valence-electron chi connectivity index (χ4n) is 3.32. The van der Waals surface area contributed by atoms with Gasteiger partial charge in [-0.1, -0.05) is 11.3 Å². The van der Waals surface area contributed by atoms with Crippen LogP contribution in [0, 0.1) is 0 Å². The molecular formula is C17H24N6O2S2. The second-order valence-electron chi connectivity index (χ2n) is 7.10. The van der Waals surface area contributed by atoms with E-state index in [1.165, 1.54) is 23.4 Å². The molecule has 4 rings (SSSR count). The lowest BCUT2D eigenvalue weighted by Gasteiger charge is -2.30. The van der Waals surface area contributed by atoms with Crippen LogP contribution in [0.5, 0.6) is 0 Å². The van der Waals surface area contributed by atoms with E-state index in [4.69, 9.17) is 9.97 Å². The summed E-state index contributed by atoms with van der Waals surface area (Å²) < 4.78 is 24.8. The van der Waals surface area contributed by atoms with Crippen LogP contribution in [0.15, 0.2) is 12.3 Å². The average molecular weight is 409 g/mol. The minimum absolute atomic E-state index is 0.176. The van der Waals surface area contributed by atoms with E-state index < -0.39 is 10.0 Å². The highest BCUT2D eigenvalue weighted by molar-refractivity contribution is 7.88. The first-order chi connectivity index (χ1) is 12.9. The third-order valence-electron chi connectivity index (χ3n) is 4.98. The number of rotatable bonds is 6. The molecule has 0 unspecified atom stereocenters. The second kappa shape index (κ2) is 7.33. The van der Waals surface area contributed by atoms with Crippen LogP contribution in [0.25, 0.3) is 10.6 Å². The largest absolute Gasteiger partial charge is 0.365 e. The molecule has 0 bridgehead atoms. The van der Waals surface area contributed by atoms with Crippen LogP contribution >= 0.6 is 11.3 Å². The first-order valence-corrected chi connectivity index (χ1v) is 11.8. The zero-order valence-electron chi connectivity index (χ0n) is 15.5. The van der Waals surface area contributed by atoms with Crippen molar-refractivity contribution in [3.05, 3.63) is 18.0 Å². The normalized spacial score (nSPS) is 19.2. The van der Waals surface area contributed by atoms with Crippen LogP contribution in [0.1, 0.15) is 37.3 Å². The van der Waals surface area contributed by atoms with Crippen LogP contribution in [0.2, 0.25) is 0 Å². The van der Waals surface area contributed by atoms with Crippen molar-refractivity contribution in [2.75, 3.05) is 37.0 Å². The number of piperidine rings is 1. The molecule has 2 aromatic rings. The smallest absolute Gasteiger partial charge is 0.223 e. The van der Waals surface area contributed by atoms with Crippen molar-refractivity contribution in [1.29, 1.82) is 0 Å². The average Bonchev–Trinajstić information content (AvgIpc) is 3.40. The van der Waals surface area contributed by atoms with Crippen molar-refractivity contribution in [2.45, 2.75) is 37.6 Å². The number of nitrogens with one attached hydrogen (secondary N) is 2. The summed E-state index contributed by atoms with van der Waals surface area (Å²) in [4.78, 5) is 14.9. The SMILES string of the molecule is CNc1nc(C2CC2)c(-c2ccnc(NC3CCN(S(C)(=O)=O)CC3)n2)s1. The fraction of sp³-hybridized carbons (Fsp3) is 0.588. The minimum Gasteiger partial charge on any atom is -0.365 e. The third-order valence-corrected chi connectivity index (χ3v) is 7.39. The molecule has 10 heteroatoms. The third kappa shape index (κ3) is 4.22. The molecule has 1 saturated heterocycles. The van der Waals surface area contributed by atoms with Gasteiger partial charge in [0.2, 0.25) is 16.0 Å². The summed E-state index contributed by atoms with van der Waals surface area (Å²) in [5.41, 5.74) is 2.03. The molecule has 8 nitrogen and oxygen atoms in total. The van der Waals surface area contributed by atoms with Crippen molar-refractivity contribution in [3.8, 4) is 10.6 Å². The molecule has 0 aromatic carbocycles. The van der Waals surface area contributed by atoms with Gasteiger partial charge in [-0.15, -0.1) is 0 Å². The quantitative estimate of drug-likeness (QED) is 0.757. The Morgan fingerprint density at radius 2 is 1.93 bits per heavy atom. The van der Waals surface area contributed by atoms with Crippen molar-refractivity contribution in [3.63, 3.8) is 0 Å². The van der Waals surface area contributed by atoms with Crippen LogP contribution in [-0.2, 0) is 10.0 Å². The Hall–Kier alpha value is -1.78. The second-order valence-corrected chi connectivity index (χ2v) is 10.1. The summed E-state index contributed by atoms with van der Waals surface area (Å²) in [5, 5.41) is 7.41. The summed E-state index contributed by atoms with van der Waals surface area (Å²) in [6.45, 7) is 1.06. The monoisotopic (exact) mass is 408 g/mol. The highest BCUT2D eigenvalue weighted by Gasteiger charge is 2.31. The van der Waals surface area contributed by atoms with Crippen molar-refractivity contribution >= 4 is 32.4 Å². The zero-order valence-corrected chi connectivity index (χ0v) is 17.1. The highest BCUT2D eigenvalue weighted by Crippen LogP contribution is 2.46. The van der Waals surface area contributed by atoms with Gasteiger partial charge in [0.25, 0.3) is 0 Å². The van der Waals surface area contributed by atoms with E-state index in [0.717, 1.165) is 34.2 Å². The predicted octanol–water partition coefficient (Wildman–Crippen LogP) is 2.36. The van der Waals surface area contributed by atoms with Gasteiger partial charge in [-0.2, -0.15) is 0 Å². The highest BCUT2D eigenvalue weighted by atomic mass is 32.2. The van der Waals surface area contributed by atoms with Gasteiger partial charge in [-0.05, 0) is 31.7 Å². The minimum atomic E-state index is -3.11. The molecule has 3 heterocycles. The maximum atomic E-state index is 11.6. The molecule has 0 amide bonds. The Labute approximate surface area is 163 Å². The molecule has 27 heavy (non-hydrogen) atoms. The van der Waals surface area contributed by atoms with Gasteiger partial charge in [-0.3, -0.25) is 0 Å². The van der Waals surface area contributed by atoms with Crippen LogP contribution < -0.4 is 10.6 Å². The fourth-order valence-corrected chi connectivity index (χ4v) is 5.17. The first-order valence-electron chi connectivity index (χ1n) is 9.17. The number of anilines is 2. The van der Waals surface area contributed by atoms with Crippen LogP contribution in [-0.4, -0.2) is 60.1 Å². The van der Waals surface area contributed by atoms with Crippen molar-refractivity contribution < 1.29 is 8.42 Å². The van der Waals surface area contributed by atoms with E-state index in [1.54, 1.807) is 17.5 Å². The zero-order chi connectivity index (χ0) is 19.0. The standard InChI is InChI=1S/C17H24N6O2S2/c1-18-17-22-14(11-3-4-11)15(26-17)13-5-8-19-16(21-13)20-12-6-9-23(10-7-12)27(2,24)25/h5,8,11-12H,3-4,6-7,9-10H2,1-2H3,(H,18,22)(H,19,20,21). The van der Waals surface area contributed by atoms with Gasteiger partial charge < -0.3 is 10.6 Å². The Bertz CT molecular complexity index is 917. The number of thiazole rings is 1. The number of nitrogens with zero attached hydrogens (tertiary/aromatic N) is 4. The topological polar surface area (TPSA) is 100 Å². The van der Waals surface area contributed by atoms with Gasteiger partial charge in [0.05, 0.1) is 22.5 Å². The summed E-state index contributed by atoms with van der Waals surface area (Å²) in [5.74, 6) is 1.14. The molecule has 2 N–H and O–H groups in total. The lowest BCUT2D eigenvalue weighted by Crippen LogP contribution is -2.42. The number of hydrogen-bond donors (Lipinski definition) is 2. The van der Waals surface area contributed by atoms with Crippen LogP contribution in [0.4, 0.5) is 11.1 Å². The van der Waals surface area contributed by atoms with Gasteiger partial charge in [0, 0.05) is 38.3 Å². The van der Waals surface area contributed by atoms with E-state index in [-0.39, 0.29) is 6.04 Å². The molecule has 2 aliphatic rings. The van der Waals surface area contributed by atoms with E-state index in [1.807, 2.05) is 13.1 Å². The molecule has 0 atom stereocenters. The maximum Gasteiger partial charge on any atom is 0.223 e. The number of hydrogen-bond acceptors (Lipinski definition) is 8. The molecule has 0 radical (unpaired) electrons. The van der Waals surface area contributed by atoms with Gasteiger partial charge in [-0.25, -0.2) is 27.7 Å². The molecule has 0 spiro atoms. The molecule has 146 valence electrons. The van der Waals surface area contributed by atoms with Crippen molar-refractivity contribution in [2.24, 2.45) is 0 Å². The first kappa shape index (κ1) is 18.6. The Kier molecular flexibility index (Phi) is 5.04. The van der Waals surface area contributed by atoms with E-state index in [9.17, 15) is 8.42 Å². The summed E-state index contributed by atoms with van der Waals surface area (Å²) >= 11 is 1.63. The Balaban J connectivity index is 1.48. The molecule has 2 aromatic heterocycles.